The lowest BCUT2D eigenvalue weighted by Gasteiger charge is -2.25. The van der Waals surface area contributed by atoms with Gasteiger partial charge >= 0.3 is 5.97 Å². The van der Waals surface area contributed by atoms with Crippen molar-refractivity contribution in [3.05, 3.63) is 35.9 Å². The molecule has 5 heteroatoms. The fourth-order valence-electron chi connectivity index (χ4n) is 3.17. The van der Waals surface area contributed by atoms with Gasteiger partial charge in [0.1, 0.15) is 0 Å². The van der Waals surface area contributed by atoms with Crippen LogP contribution in [0.5, 0.6) is 0 Å². The molecule has 1 amide bonds. The van der Waals surface area contributed by atoms with Crippen LogP contribution in [0.4, 0.5) is 0 Å². The lowest BCUT2D eigenvalue weighted by molar-refractivity contribution is -0.140. The van der Waals surface area contributed by atoms with Gasteiger partial charge in [-0.2, -0.15) is 0 Å². The van der Waals surface area contributed by atoms with Crippen LogP contribution in [-0.4, -0.2) is 42.5 Å². The molecule has 2 N–H and O–H groups in total. The molecule has 3 atom stereocenters. The minimum atomic E-state index is -0.891. The first-order valence-corrected chi connectivity index (χ1v) is 7.48. The molecule has 1 aliphatic rings. The average Bonchev–Trinajstić information content (AvgIpc) is 3.03. The third-order valence-corrected chi connectivity index (χ3v) is 4.65. The van der Waals surface area contributed by atoms with E-state index in [2.05, 4.69) is 5.32 Å². The number of aliphatic carboxylic acids is 1. The van der Waals surface area contributed by atoms with Gasteiger partial charge in [0.05, 0.1) is 17.9 Å². The van der Waals surface area contributed by atoms with Crippen molar-refractivity contribution in [3.8, 4) is 0 Å². The second-order valence-corrected chi connectivity index (χ2v) is 6.75. The molecule has 0 heterocycles. The van der Waals surface area contributed by atoms with Gasteiger partial charge in [0, 0.05) is 6.54 Å². The molecule has 120 valence electrons. The predicted octanol–water partition coefficient (Wildman–Crippen LogP) is 1.76. The number of hydrogen-bond donors (Lipinski definition) is 2. The number of benzene rings is 1. The van der Waals surface area contributed by atoms with Crippen molar-refractivity contribution in [2.45, 2.75) is 19.9 Å². The van der Waals surface area contributed by atoms with E-state index in [1.165, 1.54) is 0 Å². The van der Waals surface area contributed by atoms with Crippen LogP contribution in [0.3, 0.4) is 0 Å². The van der Waals surface area contributed by atoms with Crippen molar-refractivity contribution in [2.24, 2.45) is 17.3 Å². The highest BCUT2D eigenvalue weighted by Gasteiger charge is 2.65. The number of carbonyl (C=O) groups excluding carboxylic acids is 1. The second kappa shape index (κ2) is 6.08. The van der Waals surface area contributed by atoms with E-state index in [-0.39, 0.29) is 11.9 Å². The van der Waals surface area contributed by atoms with E-state index in [1.807, 2.05) is 63.2 Å². The van der Waals surface area contributed by atoms with E-state index in [1.54, 1.807) is 0 Å². The van der Waals surface area contributed by atoms with Gasteiger partial charge in [-0.1, -0.05) is 44.2 Å². The molecule has 0 aliphatic heterocycles. The molecule has 1 aromatic carbocycles. The zero-order valence-corrected chi connectivity index (χ0v) is 13.5. The van der Waals surface area contributed by atoms with Crippen LogP contribution in [0.25, 0.3) is 0 Å². The summed E-state index contributed by atoms with van der Waals surface area (Å²) in [6.07, 6.45) is 0. The first-order chi connectivity index (χ1) is 10.3. The van der Waals surface area contributed by atoms with Crippen LogP contribution in [0, 0.1) is 17.3 Å². The Morgan fingerprint density at radius 1 is 1.23 bits per heavy atom. The number of nitrogens with one attached hydrogen (secondary N) is 1. The summed E-state index contributed by atoms with van der Waals surface area (Å²) in [6, 6.07) is 10.0. The third kappa shape index (κ3) is 3.14. The maximum Gasteiger partial charge on any atom is 0.307 e. The molecule has 1 aliphatic carbocycles. The molecule has 5 nitrogen and oxygen atoms in total. The van der Waals surface area contributed by atoms with E-state index in [9.17, 15) is 9.59 Å². The van der Waals surface area contributed by atoms with Gasteiger partial charge in [-0.15, -0.1) is 0 Å². The van der Waals surface area contributed by atoms with Crippen molar-refractivity contribution in [2.75, 3.05) is 20.6 Å². The molecule has 0 unspecified atom stereocenters. The van der Waals surface area contributed by atoms with E-state index in [4.69, 9.17) is 5.11 Å². The summed E-state index contributed by atoms with van der Waals surface area (Å²) >= 11 is 0. The van der Waals surface area contributed by atoms with Gasteiger partial charge in [0.2, 0.25) is 5.91 Å². The van der Waals surface area contributed by atoms with E-state index < -0.39 is 23.2 Å². The zero-order valence-electron chi connectivity index (χ0n) is 13.5. The van der Waals surface area contributed by atoms with Crippen LogP contribution in [0.2, 0.25) is 0 Å². The molecule has 0 bridgehead atoms. The number of amides is 1. The number of carboxylic acid groups (broad SMARTS) is 1. The van der Waals surface area contributed by atoms with Gasteiger partial charge in [0.25, 0.3) is 0 Å². The molecule has 1 aromatic rings. The Labute approximate surface area is 131 Å². The van der Waals surface area contributed by atoms with E-state index >= 15 is 0 Å². The molecule has 0 saturated heterocycles. The topological polar surface area (TPSA) is 69.6 Å². The normalized spacial score (nSPS) is 23.9. The SMILES string of the molecule is CN(C)[C@H](CNC(=O)[C@H]1[C@@H](C(=O)O)C1(C)C)c1ccccc1. The standard InChI is InChI=1S/C17H24N2O3/c1-17(2)13(14(17)16(21)22)15(20)18-10-12(19(3)4)11-8-6-5-7-9-11/h5-9,12-14H,10H2,1-4H3,(H,18,20)(H,21,22)/t12-,13-,14+/m1/s1. The molecule has 1 saturated carbocycles. The van der Waals surface area contributed by atoms with Crippen LogP contribution in [0.15, 0.2) is 30.3 Å². The van der Waals surface area contributed by atoms with Gasteiger partial charge < -0.3 is 15.3 Å². The maximum atomic E-state index is 12.3. The number of nitrogens with zero attached hydrogens (tertiary/aromatic N) is 1. The fraction of sp³-hybridized carbons (Fsp3) is 0.529. The number of hydrogen-bond acceptors (Lipinski definition) is 3. The Bertz CT molecular complexity index is 554. The Hall–Kier alpha value is -1.88. The summed E-state index contributed by atoms with van der Waals surface area (Å²) in [5.74, 6) is -2.08. The van der Waals surface area contributed by atoms with Crippen molar-refractivity contribution in [1.82, 2.24) is 10.2 Å². The second-order valence-electron chi connectivity index (χ2n) is 6.75. The summed E-state index contributed by atoms with van der Waals surface area (Å²) in [7, 11) is 3.93. The lowest BCUT2D eigenvalue weighted by atomic mass is 10.1. The Kier molecular flexibility index (Phi) is 4.56. The van der Waals surface area contributed by atoms with Gasteiger partial charge in [-0.3, -0.25) is 9.59 Å². The zero-order chi connectivity index (χ0) is 16.5. The van der Waals surface area contributed by atoms with Gasteiger partial charge in [-0.25, -0.2) is 0 Å². The van der Waals surface area contributed by atoms with Crippen molar-refractivity contribution >= 4 is 11.9 Å². The van der Waals surface area contributed by atoms with E-state index in [0.717, 1.165) is 5.56 Å². The lowest BCUT2D eigenvalue weighted by Crippen LogP contribution is -2.36. The monoisotopic (exact) mass is 304 g/mol. The molecule has 22 heavy (non-hydrogen) atoms. The Morgan fingerprint density at radius 2 is 1.82 bits per heavy atom. The molecular weight excluding hydrogens is 280 g/mol. The minimum Gasteiger partial charge on any atom is -0.481 e. The maximum absolute atomic E-state index is 12.3. The third-order valence-electron chi connectivity index (χ3n) is 4.65. The van der Waals surface area contributed by atoms with Crippen molar-refractivity contribution in [3.63, 3.8) is 0 Å². The summed E-state index contributed by atoms with van der Waals surface area (Å²) < 4.78 is 0. The number of carbonyl (C=O) groups is 2. The Morgan fingerprint density at radius 3 is 2.27 bits per heavy atom. The highest BCUT2D eigenvalue weighted by molar-refractivity contribution is 5.91. The van der Waals surface area contributed by atoms with Crippen molar-refractivity contribution < 1.29 is 14.7 Å². The number of carboxylic acids is 1. The summed E-state index contributed by atoms with van der Waals surface area (Å²) in [6.45, 7) is 4.13. The first-order valence-electron chi connectivity index (χ1n) is 7.48. The van der Waals surface area contributed by atoms with Gasteiger partial charge in [-0.05, 0) is 25.1 Å². The highest BCUT2D eigenvalue weighted by Crippen LogP contribution is 2.58. The molecule has 0 aromatic heterocycles. The highest BCUT2D eigenvalue weighted by atomic mass is 16.4. The van der Waals surface area contributed by atoms with E-state index in [0.29, 0.717) is 6.54 Å². The summed E-state index contributed by atoms with van der Waals surface area (Å²) in [5, 5.41) is 12.1. The molecule has 1 fully saturated rings. The largest absolute Gasteiger partial charge is 0.481 e. The summed E-state index contributed by atoms with van der Waals surface area (Å²) in [5.41, 5.74) is 0.661. The smallest absolute Gasteiger partial charge is 0.307 e. The van der Waals surface area contributed by atoms with Crippen LogP contribution >= 0.6 is 0 Å². The van der Waals surface area contributed by atoms with Crippen LogP contribution in [0.1, 0.15) is 25.5 Å². The number of rotatable bonds is 6. The molecule has 0 spiro atoms. The first kappa shape index (κ1) is 16.5. The number of likely N-dealkylation sites (N-methyl/N-ethyl adjacent to an activating group) is 1. The molecule has 2 rings (SSSR count). The molecule has 0 radical (unpaired) electrons. The molecular formula is C17H24N2O3. The van der Waals surface area contributed by atoms with Crippen molar-refractivity contribution in [1.29, 1.82) is 0 Å². The van der Waals surface area contributed by atoms with Crippen LogP contribution in [-0.2, 0) is 9.59 Å². The predicted molar refractivity (Wildman–Crippen MR) is 84.3 cm³/mol. The quantitative estimate of drug-likeness (QED) is 0.840. The van der Waals surface area contributed by atoms with Gasteiger partial charge in [0.15, 0.2) is 0 Å². The Balaban J connectivity index is 1.99. The van der Waals surface area contributed by atoms with Crippen LogP contribution < -0.4 is 5.32 Å². The average molecular weight is 304 g/mol. The summed E-state index contributed by atoms with van der Waals surface area (Å²) in [4.78, 5) is 25.5. The fourth-order valence-corrected chi connectivity index (χ4v) is 3.17. The minimum absolute atomic E-state index is 0.0651.